The van der Waals surface area contributed by atoms with Gasteiger partial charge in [0, 0.05) is 23.0 Å². The number of halogens is 2. The summed E-state index contributed by atoms with van der Waals surface area (Å²) in [6.45, 7) is 9.78. The van der Waals surface area contributed by atoms with Gasteiger partial charge >= 0.3 is 0 Å². The molecule has 4 nitrogen and oxygen atoms in total. The third-order valence-corrected chi connectivity index (χ3v) is 7.06. The molecule has 0 unspecified atom stereocenters. The quantitative estimate of drug-likeness (QED) is 0.342. The summed E-state index contributed by atoms with van der Waals surface area (Å²) in [5.74, 6) is 0.447. The summed E-state index contributed by atoms with van der Waals surface area (Å²) < 4.78 is 1.12. The minimum atomic E-state index is 0. The molecule has 8 heteroatoms. The number of anilines is 1. The molecule has 0 spiro atoms. The van der Waals surface area contributed by atoms with Gasteiger partial charge in [-0.15, -0.1) is 24.2 Å². The van der Waals surface area contributed by atoms with E-state index in [0.29, 0.717) is 17.3 Å². The number of thiazole rings is 1. The largest absolute Gasteiger partial charge is 0.302 e. The van der Waals surface area contributed by atoms with Crippen LogP contribution in [0.15, 0.2) is 47.4 Å². The molecule has 30 heavy (non-hydrogen) atoms. The number of amides is 1. The first-order valence-corrected chi connectivity index (χ1v) is 12.0. The summed E-state index contributed by atoms with van der Waals surface area (Å²) in [7, 11) is 0. The van der Waals surface area contributed by atoms with E-state index < -0.39 is 0 Å². The van der Waals surface area contributed by atoms with Crippen molar-refractivity contribution < 1.29 is 4.79 Å². The molecule has 0 saturated carbocycles. The zero-order valence-corrected chi connectivity index (χ0v) is 20.6. The third-order valence-electron chi connectivity index (χ3n) is 4.77. The standard InChI is InChI=1S/C22H26ClN3OS2.ClH/c1-4-25(5-2)12-13-26(21(27)15-28-18-9-7-17(23)8-10-18)22-24-19-11-6-16(3)14-20(19)29-22;/h6-11,14H,4-5,12-13,15H2,1-3H3;1H. The number of likely N-dealkylation sites (N-methyl/N-ethyl adjacent to an activating group) is 1. The van der Waals surface area contributed by atoms with Gasteiger partial charge in [0.15, 0.2) is 5.13 Å². The predicted molar refractivity (Wildman–Crippen MR) is 134 cm³/mol. The van der Waals surface area contributed by atoms with E-state index in [1.54, 1.807) is 11.3 Å². The van der Waals surface area contributed by atoms with Gasteiger partial charge in [-0.05, 0) is 62.0 Å². The monoisotopic (exact) mass is 483 g/mol. The second-order valence-corrected chi connectivity index (χ2v) is 9.28. The maximum absolute atomic E-state index is 13.1. The normalized spacial score (nSPS) is 11.0. The number of aryl methyl sites for hydroxylation is 1. The van der Waals surface area contributed by atoms with E-state index in [2.05, 4.69) is 37.8 Å². The maximum Gasteiger partial charge on any atom is 0.239 e. The molecule has 1 aromatic heterocycles. The molecule has 2 aromatic carbocycles. The zero-order chi connectivity index (χ0) is 20.8. The second-order valence-electron chi connectivity index (χ2n) is 6.78. The topological polar surface area (TPSA) is 36.4 Å². The van der Waals surface area contributed by atoms with Crippen molar-refractivity contribution in [3.8, 4) is 0 Å². The number of aromatic nitrogens is 1. The molecule has 0 bridgehead atoms. The van der Waals surface area contributed by atoms with Crippen LogP contribution in [-0.2, 0) is 4.79 Å². The minimum Gasteiger partial charge on any atom is -0.302 e. The summed E-state index contributed by atoms with van der Waals surface area (Å²) in [4.78, 5) is 23.1. The molecule has 0 aliphatic heterocycles. The summed E-state index contributed by atoms with van der Waals surface area (Å²) >= 11 is 9.07. The van der Waals surface area contributed by atoms with Crippen molar-refractivity contribution in [1.29, 1.82) is 0 Å². The van der Waals surface area contributed by atoms with Crippen molar-refractivity contribution >= 4 is 68.4 Å². The van der Waals surface area contributed by atoms with E-state index in [-0.39, 0.29) is 18.3 Å². The SMILES string of the molecule is CCN(CC)CCN(C(=O)CSc1ccc(Cl)cc1)c1nc2ccc(C)cc2s1.Cl. The van der Waals surface area contributed by atoms with Gasteiger partial charge < -0.3 is 4.90 Å². The van der Waals surface area contributed by atoms with Crippen LogP contribution in [0.5, 0.6) is 0 Å². The lowest BCUT2D eigenvalue weighted by Gasteiger charge is -2.24. The number of rotatable bonds is 9. The van der Waals surface area contributed by atoms with Gasteiger partial charge in [0.2, 0.25) is 5.91 Å². The Kier molecular flexibility index (Phi) is 9.91. The smallest absolute Gasteiger partial charge is 0.239 e. The fourth-order valence-electron chi connectivity index (χ4n) is 3.00. The number of hydrogen-bond donors (Lipinski definition) is 0. The first-order chi connectivity index (χ1) is 14.0. The Labute approximate surface area is 198 Å². The molecule has 0 aliphatic carbocycles. The number of benzene rings is 2. The first kappa shape index (κ1) is 25.0. The van der Waals surface area contributed by atoms with Gasteiger partial charge in [-0.1, -0.05) is 42.9 Å². The number of thioether (sulfide) groups is 1. The van der Waals surface area contributed by atoms with Crippen LogP contribution in [0, 0.1) is 6.92 Å². The molecule has 1 amide bonds. The van der Waals surface area contributed by atoms with Gasteiger partial charge in [0.25, 0.3) is 0 Å². The second kappa shape index (κ2) is 11.9. The van der Waals surface area contributed by atoms with Crippen LogP contribution >= 0.6 is 47.1 Å². The molecule has 162 valence electrons. The van der Waals surface area contributed by atoms with Crippen LogP contribution in [0.1, 0.15) is 19.4 Å². The summed E-state index contributed by atoms with van der Waals surface area (Å²) in [6.07, 6.45) is 0. The van der Waals surface area contributed by atoms with Crippen molar-refractivity contribution in [3.63, 3.8) is 0 Å². The Bertz CT molecular complexity index is 959. The summed E-state index contributed by atoms with van der Waals surface area (Å²) in [6, 6.07) is 13.8. The lowest BCUT2D eigenvalue weighted by molar-refractivity contribution is -0.116. The van der Waals surface area contributed by atoms with E-state index in [1.165, 1.54) is 17.3 Å². The Morgan fingerprint density at radius 1 is 1.10 bits per heavy atom. The highest BCUT2D eigenvalue weighted by molar-refractivity contribution is 8.00. The van der Waals surface area contributed by atoms with Crippen LogP contribution in [0.4, 0.5) is 5.13 Å². The van der Waals surface area contributed by atoms with Crippen LogP contribution in [0.3, 0.4) is 0 Å². The Morgan fingerprint density at radius 3 is 2.47 bits per heavy atom. The highest BCUT2D eigenvalue weighted by Crippen LogP contribution is 2.30. The lowest BCUT2D eigenvalue weighted by Crippen LogP contribution is -2.39. The predicted octanol–water partition coefficient (Wildman–Crippen LogP) is 6.15. The van der Waals surface area contributed by atoms with Gasteiger partial charge in [0.05, 0.1) is 16.0 Å². The summed E-state index contributed by atoms with van der Waals surface area (Å²) in [5.41, 5.74) is 2.15. The van der Waals surface area contributed by atoms with E-state index in [4.69, 9.17) is 16.6 Å². The van der Waals surface area contributed by atoms with Crippen molar-refractivity contribution in [2.75, 3.05) is 36.8 Å². The number of hydrogen-bond acceptors (Lipinski definition) is 5. The summed E-state index contributed by atoms with van der Waals surface area (Å²) in [5, 5.41) is 1.48. The van der Waals surface area contributed by atoms with E-state index >= 15 is 0 Å². The van der Waals surface area contributed by atoms with E-state index in [0.717, 1.165) is 39.9 Å². The molecule has 0 N–H and O–H groups in total. The Hall–Kier alpha value is -1.31. The van der Waals surface area contributed by atoms with Crippen LogP contribution in [0.25, 0.3) is 10.2 Å². The lowest BCUT2D eigenvalue weighted by atomic mass is 10.2. The van der Waals surface area contributed by atoms with Gasteiger partial charge in [-0.3, -0.25) is 9.69 Å². The van der Waals surface area contributed by atoms with Gasteiger partial charge in [0.1, 0.15) is 0 Å². The Morgan fingerprint density at radius 2 is 1.80 bits per heavy atom. The highest BCUT2D eigenvalue weighted by Gasteiger charge is 2.20. The molecular formula is C22H27Cl2N3OS2. The van der Waals surface area contributed by atoms with Crippen molar-refractivity contribution in [3.05, 3.63) is 53.1 Å². The number of carbonyl (C=O) groups is 1. The molecule has 0 saturated heterocycles. The first-order valence-electron chi connectivity index (χ1n) is 9.78. The van der Waals surface area contributed by atoms with Gasteiger partial charge in [-0.2, -0.15) is 0 Å². The fourth-order valence-corrected chi connectivity index (χ4v) is 5.00. The van der Waals surface area contributed by atoms with E-state index in [1.807, 2.05) is 35.2 Å². The van der Waals surface area contributed by atoms with Crippen molar-refractivity contribution in [2.45, 2.75) is 25.7 Å². The average molecular weight is 485 g/mol. The third kappa shape index (κ3) is 6.59. The van der Waals surface area contributed by atoms with Gasteiger partial charge in [-0.25, -0.2) is 4.98 Å². The van der Waals surface area contributed by atoms with Crippen molar-refractivity contribution in [1.82, 2.24) is 9.88 Å². The van der Waals surface area contributed by atoms with Crippen LogP contribution in [-0.4, -0.2) is 47.7 Å². The molecule has 0 radical (unpaired) electrons. The van der Waals surface area contributed by atoms with Crippen LogP contribution < -0.4 is 4.90 Å². The van der Waals surface area contributed by atoms with Crippen molar-refractivity contribution in [2.24, 2.45) is 0 Å². The molecule has 1 heterocycles. The average Bonchev–Trinajstić information content (AvgIpc) is 3.13. The minimum absolute atomic E-state index is 0. The molecule has 0 fully saturated rings. The molecule has 3 aromatic rings. The highest BCUT2D eigenvalue weighted by atomic mass is 35.5. The maximum atomic E-state index is 13.1. The molecular weight excluding hydrogens is 457 g/mol. The van der Waals surface area contributed by atoms with Crippen LogP contribution in [0.2, 0.25) is 5.02 Å². The zero-order valence-electron chi connectivity index (χ0n) is 17.4. The number of fused-ring (bicyclic) bond motifs is 1. The fraction of sp³-hybridized carbons (Fsp3) is 0.364. The number of nitrogens with zero attached hydrogens (tertiary/aromatic N) is 3. The Balaban J connectivity index is 0.00000320. The molecule has 0 atom stereocenters. The molecule has 3 rings (SSSR count). The number of carbonyl (C=O) groups excluding carboxylic acids is 1. The van der Waals surface area contributed by atoms with E-state index in [9.17, 15) is 4.79 Å². The molecule has 0 aliphatic rings.